The molecule has 0 N–H and O–H groups in total. The van der Waals surface area contributed by atoms with Crippen LogP contribution < -0.4 is 0 Å². The highest BCUT2D eigenvalue weighted by Crippen LogP contribution is 2.47. The largest absolute Gasteiger partial charge is 0.452 e. The third-order valence-corrected chi connectivity index (χ3v) is 3.58. The number of carbonyl (C=O) groups excluding carboxylic acids is 1. The van der Waals surface area contributed by atoms with Gasteiger partial charge in [-0.05, 0) is 49.2 Å². The standard InChI is InChI=1S/C16H24O2/c1-14(2)7-11(8-15(3,4)10-14)12-9-16(5,6)18-13(12)17/h7,9H,8,10H2,1-6H3. The van der Waals surface area contributed by atoms with Crippen LogP contribution in [0.5, 0.6) is 0 Å². The molecule has 0 aromatic carbocycles. The van der Waals surface area contributed by atoms with Crippen LogP contribution in [0.1, 0.15) is 54.4 Å². The van der Waals surface area contributed by atoms with Gasteiger partial charge in [0, 0.05) is 0 Å². The van der Waals surface area contributed by atoms with E-state index in [0.717, 1.165) is 24.0 Å². The molecule has 2 nitrogen and oxygen atoms in total. The van der Waals surface area contributed by atoms with E-state index < -0.39 is 5.60 Å². The summed E-state index contributed by atoms with van der Waals surface area (Å²) < 4.78 is 5.38. The van der Waals surface area contributed by atoms with Crippen LogP contribution in [0.4, 0.5) is 0 Å². The van der Waals surface area contributed by atoms with E-state index in [4.69, 9.17) is 4.74 Å². The Morgan fingerprint density at radius 3 is 2.11 bits per heavy atom. The van der Waals surface area contributed by atoms with Crippen molar-refractivity contribution in [2.45, 2.75) is 60.0 Å². The first kappa shape index (κ1) is 13.4. The van der Waals surface area contributed by atoms with Gasteiger partial charge in [-0.15, -0.1) is 0 Å². The highest BCUT2D eigenvalue weighted by Gasteiger charge is 2.39. The van der Waals surface area contributed by atoms with Crippen LogP contribution in [0.2, 0.25) is 0 Å². The molecule has 0 radical (unpaired) electrons. The van der Waals surface area contributed by atoms with Crippen molar-refractivity contribution in [1.29, 1.82) is 0 Å². The van der Waals surface area contributed by atoms with E-state index in [0.29, 0.717) is 0 Å². The monoisotopic (exact) mass is 248 g/mol. The van der Waals surface area contributed by atoms with Gasteiger partial charge in [0.15, 0.2) is 0 Å². The summed E-state index contributed by atoms with van der Waals surface area (Å²) in [6.07, 6.45) is 6.33. The smallest absolute Gasteiger partial charge is 0.339 e. The second kappa shape index (κ2) is 3.72. The summed E-state index contributed by atoms with van der Waals surface area (Å²) in [4.78, 5) is 12.0. The molecule has 0 spiro atoms. The van der Waals surface area contributed by atoms with Crippen molar-refractivity contribution in [3.63, 3.8) is 0 Å². The fourth-order valence-corrected chi connectivity index (χ4v) is 3.51. The van der Waals surface area contributed by atoms with Crippen LogP contribution in [0.3, 0.4) is 0 Å². The average molecular weight is 248 g/mol. The zero-order valence-corrected chi connectivity index (χ0v) is 12.4. The van der Waals surface area contributed by atoms with Crippen LogP contribution in [0, 0.1) is 10.8 Å². The maximum absolute atomic E-state index is 12.0. The van der Waals surface area contributed by atoms with Gasteiger partial charge in [-0.2, -0.15) is 0 Å². The fraction of sp³-hybridized carbons (Fsp3) is 0.688. The summed E-state index contributed by atoms with van der Waals surface area (Å²) in [6, 6.07) is 0. The molecule has 100 valence electrons. The fourth-order valence-electron chi connectivity index (χ4n) is 3.51. The summed E-state index contributed by atoms with van der Waals surface area (Å²) in [5.74, 6) is -0.167. The Kier molecular flexibility index (Phi) is 2.77. The van der Waals surface area contributed by atoms with Crippen molar-refractivity contribution >= 4 is 5.97 Å². The molecule has 2 rings (SSSR count). The summed E-state index contributed by atoms with van der Waals surface area (Å²) in [5, 5.41) is 0. The molecule has 1 aliphatic heterocycles. The molecule has 1 aliphatic carbocycles. The van der Waals surface area contributed by atoms with Gasteiger partial charge in [0.05, 0.1) is 5.57 Å². The van der Waals surface area contributed by atoms with Crippen LogP contribution in [0.15, 0.2) is 23.3 Å². The van der Waals surface area contributed by atoms with Crippen molar-refractivity contribution in [1.82, 2.24) is 0 Å². The minimum absolute atomic E-state index is 0.144. The lowest BCUT2D eigenvalue weighted by atomic mass is 9.65. The molecule has 1 heterocycles. The van der Waals surface area contributed by atoms with Crippen molar-refractivity contribution in [3.05, 3.63) is 23.3 Å². The number of cyclic esters (lactones) is 1. The lowest BCUT2D eigenvalue weighted by Crippen LogP contribution is -2.28. The number of hydrogen-bond acceptors (Lipinski definition) is 2. The second-order valence-corrected chi connectivity index (χ2v) is 7.73. The topological polar surface area (TPSA) is 26.3 Å². The molecule has 2 heteroatoms. The Hall–Kier alpha value is -1.05. The zero-order chi connectivity index (χ0) is 13.8. The van der Waals surface area contributed by atoms with Crippen LogP contribution in [-0.2, 0) is 9.53 Å². The SMILES string of the molecule is CC1(C)C=C(C2=CC(C)(C)OC2=O)CC(C)(C)C1. The summed E-state index contributed by atoms with van der Waals surface area (Å²) in [5.41, 5.74) is 1.86. The molecule has 18 heavy (non-hydrogen) atoms. The van der Waals surface area contributed by atoms with E-state index in [1.807, 2.05) is 19.9 Å². The molecule has 0 amide bonds. The third kappa shape index (κ3) is 2.68. The molecule has 0 unspecified atom stereocenters. The Morgan fingerprint density at radius 1 is 1.06 bits per heavy atom. The molecule has 0 fully saturated rings. The average Bonchev–Trinajstić information content (AvgIpc) is 2.33. The molecule has 0 atom stereocenters. The van der Waals surface area contributed by atoms with Crippen LogP contribution in [0.25, 0.3) is 0 Å². The first-order valence-corrected chi connectivity index (χ1v) is 6.68. The van der Waals surface area contributed by atoms with Gasteiger partial charge in [-0.3, -0.25) is 0 Å². The lowest BCUT2D eigenvalue weighted by molar-refractivity contribution is -0.143. The molecule has 0 saturated heterocycles. The Balaban J connectivity index is 2.40. The first-order chi connectivity index (χ1) is 8.00. The van der Waals surface area contributed by atoms with E-state index in [2.05, 4.69) is 33.8 Å². The third-order valence-electron chi connectivity index (χ3n) is 3.58. The number of carbonyl (C=O) groups is 1. The van der Waals surface area contributed by atoms with Gasteiger partial charge in [0.1, 0.15) is 5.60 Å². The Labute approximate surface area is 110 Å². The van der Waals surface area contributed by atoms with E-state index >= 15 is 0 Å². The number of ether oxygens (including phenoxy) is 1. The maximum Gasteiger partial charge on any atom is 0.339 e. The predicted octanol–water partition coefficient (Wildman–Crippen LogP) is 4.02. The summed E-state index contributed by atoms with van der Waals surface area (Å²) >= 11 is 0. The molecule has 0 aromatic rings. The van der Waals surface area contributed by atoms with E-state index in [1.54, 1.807) is 0 Å². The maximum atomic E-state index is 12.0. The van der Waals surface area contributed by atoms with E-state index in [1.165, 1.54) is 0 Å². The summed E-state index contributed by atoms with van der Waals surface area (Å²) in [7, 11) is 0. The molecule has 2 aliphatic rings. The van der Waals surface area contributed by atoms with Gasteiger partial charge < -0.3 is 4.74 Å². The minimum Gasteiger partial charge on any atom is -0.452 e. The lowest BCUT2D eigenvalue weighted by Gasteiger charge is -2.39. The number of esters is 1. The minimum atomic E-state index is -0.459. The Bertz CT molecular complexity index is 448. The van der Waals surface area contributed by atoms with E-state index in [9.17, 15) is 4.79 Å². The molecular weight excluding hydrogens is 224 g/mol. The highest BCUT2D eigenvalue weighted by atomic mass is 16.6. The van der Waals surface area contributed by atoms with Crippen molar-refractivity contribution in [2.24, 2.45) is 10.8 Å². The van der Waals surface area contributed by atoms with Gasteiger partial charge in [0.2, 0.25) is 0 Å². The van der Waals surface area contributed by atoms with Gasteiger partial charge in [-0.1, -0.05) is 33.8 Å². The number of rotatable bonds is 1. The molecular formula is C16H24O2. The van der Waals surface area contributed by atoms with Gasteiger partial charge in [0.25, 0.3) is 0 Å². The molecule has 0 bridgehead atoms. The number of allylic oxidation sites excluding steroid dienone is 1. The number of hydrogen-bond donors (Lipinski definition) is 0. The van der Waals surface area contributed by atoms with E-state index in [-0.39, 0.29) is 16.8 Å². The van der Waals surface area contributed by atoms with Gasteiger partial charge >= 0.3 is 5.97 Å². The summed E-state index contributed by atoms with van der Waals surface area (Å²) in [6.45, 7) is 12.9. The normalized spacial score (nSPS) is 28.4. The Morgan fingerprint density at radius 2 is 1.67 bits per heavy atom. The van der Waals surface area contributed by atoms with Crippen LogP contribution in [-0.4, -0.2) is 11.6 Å². The van der Waals surface area contributed by atoms with Gasteiger partial charge in [-0.25, -0.2) is 4.79 Å². The highest BCUT2D eigenvalue weighted by molar-refractivity contribution is 5.96. The van der Waals surface area contributed by atoms with Crippen molar-refractivity contribution in [3.8, 4) is 0 Å². The predicted molar refractivity (Wildman–Crippen MR) is 73.1 cm³/mol. The van der Waals surface area contributed by atoms with Crippen molar-refractivity contribution in [2.75, 3.05) is 0 Å². The van der Waals surface area contributed by atoms with Crippen LogP contribution >= 0.6 is 0 Å². The second-order valence-electron chi connectivity index (χ2n) is 7.73. The first-order valence-electron chi connectivity index (χ1n) is 6.68. The molecule has 0 saturated carbocycles. The quantitative estimate of drug-likeness (QED) is 0.655. The molecule has 0 aromatic heterocycles. The zero-order valence-electron chi connectivity index (χ0n) is 12.4. The van der Waals surface area contributed by atoms with Crippen molar-refractivity contribution < 1.29 is 9.53 Å².